The molecule has 1 heterocycles. The van der Waals surface area contributed by atoms with E-state index in [1.165, 1.54) is 0 Å². The van der Waals surface area contributed by atoms with Gasteiger partial charge in [-0.2, -0.15) is 0 Å². The molecule has 1 aromatic rings. The molecule has 0 aliphatic heterocycles. The summed E-state index contributed by atoms with van der Waals surface area (Å²) in [7, 11) is 0. The van der Waals surface area contributed by atoms with Crippen LogP contribution in [0.15, 0.2) is 24.5 Å². The summed E-state index contributed by atoms with van der Waals surface area (Å²) in [6, 6.07) is 3.86. The third kappa shape index (κ3) is 2.68. The summed E-state index contributed by atoms with van der Waals surface area (Å²) in [6.07, 6.45) is 4.83. The fraction of sp³-hybridized carbons (Fsp3) is 0.444. The van der Waals surface area contributed by atoms with Crippen molar-refractivity contribution in [3.05, 3.63) is 30.1 Å². The quantitative estimate of drug-likeness (QED) is 0.708. The van der Waals surface area contributed by atoms with Gasteiger partial charge in [-0.1, -0.05) is 6.92 Å². The van der Waals surface area contributed by atoms with Crippen molar-refractivity contribution in [1.29, 1.82) is 0 Å². The zero-order valence-electron chi connectivity index (χ0n) is 6.70. The van der Waals surface area contributed by atoms with Gasteiger partial charge in [0.1, 0.15) is 0 Å². The molecule has 0 saturated carbocycles. The highest BCUT2D eigenvalue weighted by Crippen LogP contribution is 2.03. The number of aliphatic hydroxyl groups excluding tert-OH is 1. The molecule has 0 amide bonds. The summed E-state index contributed by atoms with van der Waals surface area (Å²) in [5.41, 5.74) is 1.15. The van der Waals surface area contributed by atoms with Crippen LogP contribution >= 0.6 is 0 Å². The van der Waals surface area contributed by atoms with Gasteiger partial charge in [-0.05, 0) is 30.5 Å². The van der Waals surface area contributed by atoms with Gasteiger partial charge in [0.15, 0.2) is 0 Å². The van der Waals surface area contributed by atoms with Gasteiger partial charge in [-0.15, -0.1) is 0 Å². The van der Waals surface area contributed by atoms with Crippen molar-refractivity contribution in [3.63, 3.8) is 0 Å². The lowest BCUT2D eigenvalue weighted by atomic mass is 10.1. The normalized spacial score (nSPS) is 12.9. The minimum absolute atomic E-state index is 0.211. The molecule has 11 heavy (non-hydrogen) atoms. The number of rotatable bonds is 3. The molecule has 2 nitrogen and oxygen atoms in total. The third-order valence-corrected chi connectivity index (χ3v) is 1.69. The lowest BCUT2D eigenvalue weighted by molar-refractivity contribution is 0.171. The van der Waals surface area contributed by atoms with Gasteiger partial charge in [-0.3, -0.25) is 4.98 Å². The van der Waals surface area contributed by atoms with Gasteiger partial charge in [0.05, 0.1) is 6.10 Å². The average Bonchev–Trinajstić information content (AvgIpc) is 2.06. The van der Waals surface area contributed by atoms with Crippen LogP contribution in [0.25, 0.3) is 0 Å². The van der Waals surface area contributed by atoms with Crippen LogP contribution in [-0.4, -0.2) is 16.2 Å². The molecule has 1 atom stereocenters. The van der Waals surface area contributed by atoms with Gasteiger partial charge in [-0.25, -0.2) is 0 Å². The van der Waals surface area contributed by atoms with Crippen molar-refractivity contribution in [2.45, 2.75) is 25.9 Å². The van der Waals surface area contributed by atoms with Gasteiger partial charge in [0, 0.05) is 12.4 Å². The highest BCUT2D eigenvalue weighted by molar-refractivity contribution is 5.10. The smallest absolute Gasteiger partial charge is 0.0578 e. The third-order valence-electron chi connectivity index (χ3n) is 1.69. The van der Waals surface area contributed by atoms with E-state index in [2.05, 4.69) is 4.98 Å². The van der Waals surface area contributed by atoms with Crippen molar-refractivity contribution in [1.82, 2.24) is 4.98 Å². The fourth-order valence-electron chi connectivity index (χ4n) is 0.935. The predicted molar refractivity (Wildman–Crippen MR) is 44.2 cm³/mol. The number of aliphatic hydroxyl groups is 1. The first-order valence-electron chi connectivity index (χ1n) is 3.90. The first-order valence-corrected chi connectivity index (χ1v) is 3.90. The van der Waals surface area contributed by atoms with Crippen molar-refractivity contribution in [3.8, 4) is 0 Å². The Morgan fingerprint density at radius 2 is 2.09 bits per heavy atom. The Labute approximate surface area is 66.9 Å². The Morgan fingerprint density at radius 1 is 1.45 bits per heavy atom. The summed E-state index contributed by atoms with van der Waals surface area (Å²) in [5, 5.41) is 9.29. The second-order valence-corrected chi connectivity index (χ2v) is 2.62. The summed E-state index contributed by atoms with van der Waals surface area (Å²) in [6.45, 7) is 1.98. The van der Waals surface area contributed by atoms with Crippen LogP contribution in [0.3, 0.4) is 0 Å². The van der Waals surface area contributed by atoms with Crippen molar-refractivity contribution in [2.24, 2.45) is 0 Å². The van der Waals surface area contributed by atoms with Gasteiger partial charge in [0.25, 0.3) is 0 Å². The number of hydrogen-bond acceptors (Lipinski definition) is 2. The molecule has 0 aliphatic rings. The van der Waals surface area contributed by atoms with E-state index < -0.39 is 0 Å². The molecular formula is C9H13NO. The van der Waals surface area contributed by atoms with Crippen LogP contribution in [0, 0.1) is 0 Å². The Balaban J connectivity index is 2.51. The second kappa shape index (κ2) is 4.09. The topological polar surface area (TPSA) is 33.1 Å². The minimum atomic E-state index is -0.211. The van der Waals surface area contributed by atoms with E-state index in [0.29, 0.717) is 0 Å². The molecule has 0 radical (unpaired) electrons. The van der Waals surface area contributed by atoms with Gasteiger partial charge < -0.3 is 5.11 Å². The van der Waals surface area contributed by atoms with Crippen LogP contribution in [0.5, 0.6) is 0 Å². The van der Waals surface area contributed by atoms with Crippen molar-refractivity contribution in [2.75, 3.05) is 0 Å². The molecule has 0 unspecified atom stereocenters. The average molecular weight is 151 g/mol. The number of pyridine rings is 1. The summed E-state index contributed by atoms with van der Waals surface area (Å²) < 4.78 is 0. The molecule has 0 saturated heterocycles. The Bertz CT molecular complexity index is 198. The van der Waals surface area contributed by atoms with Crippen LogP contribution in [-0.2, 0) is 6.42 Å². The first-order chi connectivity index (χ1) is 5.33. The zero-order valence-corrected chi connectivity index (χ0v) is 6.70. The lowest BCUT2D eigenvalue weighted by Gasteiger charge is -2.05. The maximum absolute atomic E-state index is 9.29. The van der Waals surface area contributed by atoms with E-state index in [1.54, 1.807) is 12.4 Å². The highest BCUT2D eigenvalue weighted by atomic mass is 16.3. The van der Waals surface area contributed by atoms with E-state index in [0.717, 1.165) is 18.4 Å². The molecule has 1 aromatic heterocycles. The number of hydrogen-bond donors (Lipinski definition) is 1. The summed E-state index contributed by atoms with van der Waals surface area (Å²) in [4.78, 5) is 3.90. The number of aromatic nitrogens is 1. The molecular weight excluding hydrogens is 138 g/mol. The fourth-order valence-corrected chi connectivity index (χ4v) is 0.935. The zero-order chi connectivity index (χ0) is 8.10. The molecule has 2 heteroatoms. The van der Waals surface area contributed by atoms with E-state index in [-0.39, 0.29) is 6.10 Å². The van der Waals surface area contributed by atoms with Gasteiger partial charge in [0.2, 0.25) is 0 Å². The minimum Gasteiger partial charge on any atom is -0.393 e. The monoisotopic (exact) mass is 151 g/mol. The SMILES string of the molecule is CC[C@H](O)Cc1ccncc1. The molecule has 0 spiro atoms. The second-order valence-electron chi connectivity index (χ2n) is 2.62. The van der Waals surface area contributed by atoms with Crippen LogP contribution in [0.1, 0.15) is 18.9 Å². The highest BCUT2D eigenvalue weighted by Gasteiger charge is 2.00. The van der Waals surface area contributed by atoms with Gasteiger partial charge >= 0.3 is 0 Å². The molecule has 1 N–H and O–H groups in total. The van der Waals surface area contributed by atoms with E-state index in [4.69, 9.17) is 0 Å². The van der Waals surface area contributed by atoms with Crippen LogP contribution < -0.4 is 0 Å². The van der Waals surface area contributed by atoms with Crippen molar-refractivity contribution < 1.29 is 5.11 Å². The maximum atomic E-state index is 9.29. The van der Waals surface area contributed by atoms with Crippen LogP contribution in [0.2, 0.25) is 0 Å². The summed E-state index contributed by atoms with van der Waals surface area (Å²) in [5.74, 6) is 0. The maximum Gasteiger partial charge on any atom is 0.0578 e. The van der Waals surface area contributed by atoms with Crippen molar-refractivity contribution >= 4 is 0 Å². The Morgan fingerprint density at radius 3 is 2.64 bits per heavy atom. The first kappa shape index (κ1) is 8.21. The Kier molecular flexibility index (Phi) is 3.05. The molecule has 0 aliphatic carbocycles. The van der Waals surface area contributed by atoms with E-state index >= 15 is 0 Å². The van der Waals surface area contributed by atoms with E-state index in [9.17, 15) is 5.11 Å². The molecule has 60 valence electrons. The largest absolute Gasteiger partial charge is 0.393 e. The Hall–Kier alpha value is -0.890. The molecule has 0 bridgehead atoms. The molecule has 1 rings (SSSR count). The van der Waals surface area contributed by atoms with E-state index in [1.807, 2.05) is 19.1 Å². The molecule has 0 aromatic carbocycles. The number of nitrogens with zero attached hydrogens (tertiary/aromatic N) is 1. The molecule has 0 fully saturated rings. The van der Waals surface area contributed by atoms with Crippen LogP contribution in [0.4, 0.5) is 0 Å². The predicted octanol–water partition coefficient (Wildman–Crippen LogP) is 1.40. The summed E-state index contributed by atoms with van der Waals surface area (Å²) >= 11 is 0. The lowest BCUT2D eigenvalue weighted by Crippen LogP contribution is -2.07. The standard InChI is InChI=1S/C9H13NO/c1-2-9(11)7-8-3-5-10-6-4-8/h3-6,9,11H,2,7H2,1H3/t9-/m0/s1.